The first kappa shape index (κ1) is 9.25. The molecule has 2 nitrogen and oxygen atoms in total. The Morgan fingerprint density at radius 2 is 2.29 bits per heavy atom. The van der Waals surface area contributed by atoms with E-state index in [-0.39, 0.29) is 5.91 Å². The van der Waals surface area contributed by atoms with E-state index in [2.05, 4.69) is 29.6 Å². The van der Waals surface area contributed by atoms with E-state index in [4.69, 9.17) is 0 Å². The minimum atomic E-state index is 0.145. The van der Waals surface area contributed by atoms with E-state index in [0.29, 0.717) is 12.3 Å². The van der Waals surface area contributed by atoms with Crippen molar-refractivity contribution in [2.24, 2.45) is 0 Å². The quantitative estimate of drug-likeness (QED) is 0.755. The minimum absolute atomic E-state index is 0.145. The molecule has 0 bridgehead atoms. The van der Waals surface area contributed by atoms with E-state index in [1.165, 1.54) is 11.1 Å². The van der Waals surface area contributed by atoms with Crippen LogP contribution in [0, 0.1) is 0 Å². The van der Waals surface area contributed by atoms with Gasteiger partial charge in [0.25, 0.3) is 0 Å². The van der Waals surface area contributed by atoms with Gasteiger partial charge in [-0.25, -0.2) is 0 Å². The summed E-state index contributed by atoms with van der Waals surface area (Å²) in [5.74, 6) is 0.581. The molecule has 1 aliphatic carbocycles. The summed E-state index contributed by atoms with van der Waals surface area (Å²) in [5, 5.41) is 2.68. The van der Waals surface area contributed by atoms with Gasteiger partial charge in [-0.2, -0.15) is 0 Å². The lowest BCUT2D eigenvalue weighted by Crippen LogP contribution is -2.19. The molecule has 0 fully saturated rings. The molecule has 0 radical (unpaired) electrons. The molecule has 0 saturated heterocycles. The second-order valence-electron chi connectivity index (χ2n) is 3.81. The van der Waals surface area contributed by atoms with Crippen molar-refractivity contribution in [1.29, 1.82) is 0 Å². The third-order valence-corrected chi connectivity index (χ3v) is 2.97. The molecule has 0 aliphatic heterocycles. The molecule has 0 saturated carbocycles. The molecule has 14 heavy (non-hydrogen) atoms. The first-order valence-corrected chi connectivity index (χ1v) is 5.09. The van der Waals surface area contributed by atoms with Crippen LogP contribution in [0.25, 0.3) is 0 Å². The zero-order valence-corrected chi connectivity index (χ0v) is 8.42. The third kappa shape index (κ3) is 1.65. The smallest absolute Gasteiger partial charge is 0.220 e. The lowest BCUT2D eigenvalue weighted by Gasteiger charge is -2.09. The molecule has 1 amide bonds. The standard InChI is InChI=1S/C12H15NO/c1-13-12(14)8-10-7-6-9-4-2-3-5-11(9)10/h2-5,10H,6-8H2,1H3,(H,13,14). The maximum absolute atomic E-state index is 11.3. The Hall–Kier alpha value is -1.31. The lowest BCUT2D eigenvalue weighted by atomic mass is 9.98. The van der Waals surface area contributed by atoms with Crippen molar-refractivity contribution in [3.63, 3.8) is 0 Å². The van der Waals surface area contributed by atoms with Gasteiger partial charge in [0.05, 0.1) is 0 Å². The maximum Gasteiger partial charge on any atom is 0.220 e. The highest BCUT2D eigenvalue weighted by Gasteiger charge is 2.23. The van der Waals surface area contributed by atoms with Crippen LogP contribution < -0.4 is 5.32 Å². The van der Waals surface area contributed by atoms with Gasteiger partial charge in [0, 0.05) is 13.5 Å². The Bertz CT molecular complexity index is 346. The van der Waals surface area contributed by atoms with Gasteiger partial charge in [0.2, 0.25) is 5.91 Å². The SMILES string of the molecule is CNC(=O)CC1CCc2ccccc21. The van der Waals surface area contributed by atoms with Crippen molar-refractivity contribution >= 4 is 5.91 Å². The van der Waals surface area contributed by atoms with E-state index in [1.54, 1.807) is 7.05 Å². The number of carbonyl (C=O) groups is 1. The van der Waals surface area contributed by atoms with Gasteiger partial charge in [-0.15, -0.1) is 0 Å². The number of amides is 1. The number of benzene rings is 1. The number of carbonyl (C=O) groups excluding carboxylic acids is 1. The molecular weight excluding hydrogens is 174 g/mol. The molecular formula is C12H15NO. The van der Waals surface area contributed by atoms with Gasteiger partial charge in [0.15, 0.2) is 0 Å². The van der Waals surface area contributed by atoms with Crippen LogP contribution in [0.1, 0.15) is 29.9 Å². The Kier molecular flexibility index (Phi) is 2.53. The number of rotatable bonds is 2. The van der Waals surface area contributed by atoms with Gasteiger partial charge >= 0.3 is 0 Å². The van der Waals surface area contributed by atoms with Gasteiger partial charge in [-0.3, -0.25) is 4.79 Å². The molecule has 0 heterocycles. The van der Waals surface area contributed by atoms with E-state index in [1.807, 2.05) is 0 Å². The Balaban J connectivity index is 2.14. The second kappa shape index (κ2) is 3.82. The molecule has 1 aromatic carbocycles. The molecule has 2 rings (SSSR count). The van der Waals surface area contributed by atoms with Crippen LogP contribution in [-0.2, 0) is 11.2 Å². The van der Waals surface area contributed by atoms with E-state index in [0.717, 1.165) is 12.8 Å². The zero-order chi connectivity index (χ0) is 9.97. The highest BCUT2D eigenvalue weighted by molar-refractivity contribution is 5.76. The van der Waals surface area contributed by atoms with Crippen LogP contribution in [0.4, 0.5) is 0 Å². The molecule has 1 unspecified atom stereocenters. The van der Waals surface area contributed by atoms with E-state index >= 15 is 0 Å². The molecule has 1 N–H and O–H groups in total. The summed E-state index contributed by atoms with van der Waals surface area (Å²) >= 11 is 0. The fraction of sp³-hybridized carbons (Fsp3) is 0.417. The van der Waals surface area contributed by atoms with Crippen LogP contribution in [0.15, 0.2) is 24.3 Å². The largest absolute Gasteiger partial charge is 0.359 e. The monoisotopic (exact) mass is 189 g/mol. The van der Waals surface area contributed by atoms with Crippen molar-refractivity contribution in [2.45, 2.75) is 25.2 Å². The Morgan fingerprint density at radius 1 is 1.50 bits per heavy atom. The lowest BCUT2D eigenvalue weighted by molar-refractivity contribution is -0.120. The number of hydrogen-bond acceptors (Lipinski definition) is 1. The fourth-order valence-corrected chi connectivity index (χ4v) is 2.18. The first-order chi connectivity index (χ1) is 6.81. The van der Waals surface area contributed by atoms with Crippen molar-refractivity contribution < 1.29 is 4.79 Å². The number of fused-ring (bicyclic) bond motifs is 1. The summed E-state index contributed by atoms with van der Waals surface area (Å²) in [4.78, 5) is 11.3. The Morgan fingerprint density at radius 3 is 3.07 bits per heavy atom. The van der Waals surface area contributed by atoms with Crippen molar-refractivity contribution in [1.82, 2.24) is 5.32 Å². The molecule has 0 spiro atoms. The average molecular weight is 189 g/mol. The summed E-state index contributed by atoms with van der Waals surface area (Å²) in [7, 11) is 1.70. The molecule has 1 aromatic rings. The van der Waals surface area contributed by atoms with E-state index in [9.17, 15) is 4.79 Å². The number of hydrogen-bond donors (Lipinski definition) is 1. The summed E-state index contributed by atoms with van der Waals surface area (Å²) < 4.78 is 0. The summed E-state index contributed by atoms with van der Waals surface area (Å²) in [5.41, 5.74) is 2.79. The predicted octanol–water partition coefficient (Wildman–Crippen LogP) is 1.85. The van der Waals surface area contributed by atoms with Crippen LogP contribution >= 0.6 is 0 Å². The van der Waals surface area contributed by atoms with Crippen LogP contribution in [0.5, 0.6) is 0 Å². The highest BCUT2D eigenvalue weighted by Crippen LogP contribution is 2.34. The fourth-order valence-electron chi connectivity index (χ4n) is 2.18. The first-order valence-electron chi connectivity index (χ1n) is 5.09. The molecule has 2 heteroatoms. The molecule has 74 valence electrons. The third-order valence-electron chi connectivity index (χ3n) is 2.97. The van der Waals surface area contributed by atoms with Crippen LogP contribution in [0.2, 0.25) is 0 Å². The van der Waals surface area contributed by atoms with Crippen LogP contribution in [0.3, 0.4) is 0 Å². The maximum atomic E-state index is 11.3. The van der Waals surface area contributed by atoms with Gasteiger partial charge < -0.3 is 5.32 Å². The van der Waals surface area contributed by atoms with Gasteiger partial charge in [-0.1, -0.05) is 24.3 Å². The average Bonchev–Trinajstić information content (AvgIpc) is 2.62. The highest BCUT2D eigenvalue weighted by atomic mass is 16.1. The molecule has 0 aromatic heterocycles. The van der Waals surface area contributed by atoms with Gasteiger partial charge in [0.1, 0.15) is 0 Å². The predicted molar refractivity (Wildman–Crippen MR) is 56.2 cm³/mol. The minimum Gasteiger partial charge on any atom is -0.359 e. The summed E-state index contributed by atoms with van der Waals surface area (Å²) in [6.45, 7) is 0. The normalized spacial score (nSPS) is 19.1. The zero-order valence-electron chi connectivity index (χ0n) is 8.42. The number of aryl methyl sites for hydroxylation is 1. The molecule has 1 atom stereocenters. The topological polar surface area (TPSA) is 29.1 Å². The number of nitrogens with one attached hydrogen (secondary N) is 1. The van der Waals surface area contributed by atoms with Crippen molar-refractivity contribution in [3.05, 3.63) is 35.4 Å². The second-order valence-corrected chi connectivity index (χ2v) is 3.81. The van der Waals surface area contributed by atoms with Crippen molar-refractivity contribution in [3.8, 4) is 0 Å². The van der Waals surface area contributed by atoms with Crippen LogP contribution in [-0.4, -0.2) is 13.0 Å². The Labute approximate surface area is 84.3 Å². The van der Waals surface area contributed by atoms with E-state index < -0.39 is 0 Å². The van der Waals surface area contributed by atoms with Crippen molar-refractivity contribution in [2.75, 3.05) is 7.05 Å². The molecule has 1 aliphatic rings. The summed E-state index contributed by atoms with van der Waals surface area (Å²) in [6, 6.07) is 8.44. The van der Waals surface area contributed by atoms with Gasteiger partial charge in [-0.05, 0) is 29.9 Å². The summed E-state index contributed by atoms with van der Waals surface area (Å²) in [6.07, 6.45) is 2.87.